The predicted molar refractivity (Wildman–Crippen MR) is 82.9 cm³/mol. The van der Waals surface area contributed by atoms with Gasteiger partial charge in [0, 0.05) is 25.2 Å². The Bertz CT molecular complexity index is 660. The van der Waals surface area contributed by atoms with Crippen LogP contribution in [0.2, 0.25) is 0 Å². The van der Waals surface area contributed by atoms with E-state index in [2.05, 4.69) is 5.32 Å². The number of carbonyl (C=O) groups is 1. The van der Waals surface area contributed by atoms with E-state index in [0.29, 0.717) is 13.0 Å². The number of amides is 1. The molecule has 0 spiro atoms. The average molecular weight is 345 g/mol. The number of morpholine rings is 1. The Morgan fingerprint density at radius 2 is 2.04 bits per heavy atom. The number of hydrogen-bond acceptors (Lipinski definition) is 5. The normalized spacial score (nSPS) is 16.3. The first kappa shape index (κ1) is 17.8. The maximum absolute atomic E-state index is 14.0. The van der Waals surface area contributed by atoms with Gasteiger partial charge in [-0.05, 0) is 31.2 Å². The molecule has 3 N–H and O–H groups in total. The van der Waals surface area contributed by atoms with E-state index in [1.54, 1.807) is 0 Å². The summed E-state index contributed by atoms with van der Waals surface area (Å²) in [6.45, 7) is 1.28. The minimum Gasteiger partial charge on any atom is -0.379 e. The van der Waals surface area contributed by atoms with Gasteiger partial charge in [0.15, 0.2) is 0 Å². The Hall–Kier alpha value is -1.55. The molecule has 1 heterocycles. The number of rotatable bonds is 6. The molecule has 0 bridgehead atoms. The third-order valence-corrected chi connectivity index (χ3v) is 5.32. The number of benzene rings is 1. The van der Waals surface area contributed by atoms with E-state index in [4.69, 9.17) is 10.5 Å². The molecule has 128 valence electrons. The molecule has 0 atom stereocenters. The smallest absolute Gasteiger partial charge is 0.246 e. The highest BCUT2D eigenvalue weighted by atomic mass is 32.2. The third-order valence-electron chi connectivity index (χ3n) is 3.41. The summed E-state index contributed by atoms with van der Waals surface area (Å²) in [4.78, 5) is 11.2. The molecule has 1 amide bonds. The molecule has 23 heavy (non-hydrogen) atoms. The summed E-state index contributed by atoms with van der Waals surface area (Å²) in [5, 5.41) is 2.55. The Morgan fingerprint density at radius 3 is 2.70 bits per heavy atom. The quantitative estimate of drug-likeness (QED) is 0.783. The molecule has 1 aliphatic heterocycles. The van der Waals surface area contributed by atoms with E-state index < -0.39 is 20.7 Å². The molecule has 0 unspecified atom stereocenters. The molecule has 0 aliphatic carbocycles. The van der Waals surface area contributed by atoms with Crippen LogP contribution in [0.4, 0.5) is 10.1 Å². The van der Waals surface area contributed by atoms with Gasteiger partial charge in [-0.2, -0.15) is 4.31 Å². The highest BCUT2D eigenvalue weighted by Crippen LogP contribution is 2.24. The highest BCUT2D eigenvalue weighted by Gasteiger charge is 2.29. The van der Waals surface area contributed by atoms with Crippen molar-refractivity contribution in [1.82, 2.24) is 4.31 Å². The molecule has 1 aromatic carbocycles. The van der Waals surface area contributed by atoms with Crippen molar-refractivity contribution in [3.05, 3.63) is 24.0 Å². The molecule has 1 saturated heterocycles. The molecule has 1 aliphatic rings. The molecular weight excluding hydrogens is 325 g/mol. The van der Waals surface area contributed by atoms with Gasteiger partial charge in [-0.15, -0.1) is 0 Å². The molecule has 2 rings (SSSR count). The fourth-order valence-corrected chi connectivity index (χ4v) is 3.69. The van der Waals surface area contributed by atoms with Gasteiger partial charge in [-0.25, -0.2) is 12.8 Å². The van der Waals surface area contributed by atoms with Crippen molar-refractivity contribution < 1.29 is 22.3 Å². The minimum absolute atomic E-state index is 0.175. The maximum atomic E-state index is 14.0. The van der Waals surface area contributed by atoms with Crippen molar-refractivity contribution in [2.24, 2.45) is 5.73 Å². The Morgan fingerprint density at radius 1 is 1.35 bits per heavy atom. The van der Waals surface area contributed by atoms with Crippen molar-refractivity contribution in [2.45, 2.75) is 17.7 Å². The van der Waals surface area contributed by atoms with Crippen molar-refractivity contribution in [3.8, 4) is 0 Å². The highest BCUT2D eigenvalue weighted by molar-refractivity contribution is 7.89. The number of ether oxygens (including phenoxy) is 1. The fraction of sp³-hybridized carbons (Fsp3) is 0.500. The van der Waals surface area contributed by atoms with Gasteiger partial charge in [0.2, 0.25) is 15.9 Å². The van der Waals surface area contributed by atoms with Crippen LogP contribution < -0.4 is 11.1 Å². The van der Waals surface area contributed by atoms with Crippen LogP contribution in [0.25, 0.3) is 0 Å². The van der Waals surface area contributed by atoms with Gasteiger partial charge in [0.1, 0.15) is 10.7 Å². The lowest BCUT2D eigenvalue weighted by atomic mass is 10.2. The summed E-state index contributed by atoms with van der Waals surface area (Å²) in [5.41, 5.74) is 5.57. The second-order valence-corrected chi connectivity index (χ2v) is 7.01. The van der Waals surface area contributed by atoms with Crippen LogP contribution in [0.3, 0.4) is 0 Å². The number of nitrogens with two attached hydrogens (primary N) is 1. The summed E-state index contributed by atoms with van der Waals surface area (Å²) < 4.78 is 45.3. The number of carbonyl (C=O) groups excluding carboxylic acids is 1. The largest absolute Gasteiger partial charge is 0.379 e. The monoisotopic (exact) mass is 345 g/mol. The molecule has 0 aromatic heterocycles. The number of anilines is 1. The van der Waals surface area contributed by atoms with E-state index in [-0.39, 0.29) is 44.3 Å². The number of hydrogen-bond donors (Lipinski definition) is 2. The molecule has 1 aromatic rings. The van der Waals surface area contributed by atoms with Crippen molar-refractivity contribution in [2.75, 3.05) is 38.2 Å². The van der Waals surface area contributed by atoms with E-state index in [0.717, 1.165) is 12.1 Å². The van der Waals surface area contributed by atoms with Crippen LogP contribution in [-0.2, 0) is 19.6 Å². The zero-order valence-corrected chi connectivity index (χ0v) is 13.4. The van der Waals surface area contributed by atoms with E-state index in [1.165, 1.54) is 10.4 Å². The Balaban J connectivity index is 2.21. The summed E-state index contributed by atoms with van der Waals surface area (Å²) in [5.74, 6) is -1.15. The summed E-state index contributed by atoms with van der Waals surface area (Å²) in [6, 6.07) is 3.50. The molecule has 1 fully saturated rings. The first-order valence-electron chi connectivity index (χ1n) is 7.32. The van der Waals surface area contributed by atoms with Gasteiger partial charge < -0.3 is 15.8 Å². The zero-order chi connectivity index (χ0) is 16.9. The van der Waals surface area contributed by atoms with Gasteiger partial charge in [-0.3, -0.25) is 4.79 Å². The van der Waals surface area contributed by atoms with Crippen LogP contribution in [0.15, 0.2) is 23.1 Å². The van der Waals surface area contributed by atoms with Crippen molar-refractivity contribution in [1.29, 1.82) is 0 Å². The molecule has 0 radical (unpaired) electrons. The topological polar surface area (TPSA) is 102 Å². The van der Waals surface area contributed by atoms with Crippen LogP contribution in [-0.4, -0.2) is 51.5 Å². The van der Waals surface area contributed by atoms with Crippen LogP contribution in [0.5, 0.6) is 0 Å². The van der Waals surface area contributed by atoms with Crippen molar-refractivity contribution in [3.63, 3.8) is 0 Å². The number of halogens is 1. The van der Waals surface area contributed by atoms with E-state index >= 15 is 0 Å². The Labute approximate surface area is 134 Å². The first-order valence-corrected chi connectivity index (χ1v) is 8.76. The van der Waals surface area contributed by atoms with Crippen molar-refractivity contribution >= 4 is 21.6 Å². The Kier molecular flexibility index (Phi) is 6.05. The van der Waals surface area contributed by atoms with E-state index in [1.807, 2.05) is 0 Å². The molecule has 7 nitrogen and oxygen atoms in total. The first-order chi connectivity index (χ1) is 10.9. The lowest BCUT2D eigenvalue weighted by Crippen LogP contribution is -2.40. The lowest BCUT2D eigenvalue weighted by Gasteiger charge is -2.26. The third kappa shape index (κ3) is 4.47. The number of nitrogens with zero attached hydrogens (tertiary/aromatic N) is 1. The average Bonchev–Trinajstić information content (AvgIpc) is 2.55. The summed E-state index contributed by atoms with van der Waals surface area (Å²) >= 11 is 0. The zero-order valence-electron chi connectivity index (χ0n) is 12.6. The second-order valence-electron chi connectivity index (χ2n) is 5.10. The lowest BCUT2D eigenvalue weighted by molar-refractivity contribution is -0.116. The standard InChI is InChI=1S/C14H20FN3O4S/c15-12-4-3-11(17-14(19)2-1-5-16)10-13(12)23(20,21)18-6-8-22-9-7-18/h3-4,10H,1-2,5-9,16H2,(H,17,19). The summed E-state index contributed by atoms with van der Waals surface area (Å²) in [6.07, 6.45) is 0.741. The minimum atomic E-state index is -3.96. The fourth-order valence-electron chi connectivity index (χ4n) is 2.19. The van der Waals surface area contributed by atoms with Crippen LogP contribution in [0, 0.1) is 5.82 Å². The van der Waals surface area contributed by atoms with Gasteiger partial charge >= 0.3 is 0 Å². The van der Waals surface area contributed by atoms with Crippen LogP contribution >= 0.6 is 0 Å². The van der Waals surface area contributed by atoms with Crippen LogP contribution in [0.1, 0.15) is 12.8 Å². The molecule has 0 saturated carbocycles. The SMILES string of the molecule is NCCCC(=O)Nc1ccc(F)c(S(=O)(=O)N2CCOCC2)c1. The summed E-state index contributed by atoms with van der Waals surface area (Å²) in [7, 11) is -3.96. The molecule has 9 heteroatoms. The predicted octanol–water partition coefficient (Wildman–Crippen LogP) is 0.524. The van der Waals surface area contributed by atoms with Gasteiger partial charge in [0.25, 0.3) is 0 Å². The number of nitrogens with one attached hydrogen (secondary N) is 1. The number of sulfonamides is 1. The molecular formula is C14H20FN3O4S. The maximum Gasteiger partial charge on any atom is 0.246 e. The van der Waals surface area contributed by atoms with E-state index in [9.17, 15) is 17.6 Å². The van der Waals surface area contributed by atoms with Gasteiger partial charge in [-0.1, -0.05) is 0 Å². The van der Waals surface area contributed by atoms with Gasteiger partial charge in [0.05, 0.1) is 13.2 Å². The second kappa shape index (κ2) is 7.82.